The van der Waals surface area contributed by atoms with Crippen LogP contribution in [0.5, 0.6) is 0 Å². The second-order valence-corrected chi connectivity index (χ2v) is 8.38. The molecular weight excluding hydrogens is 383 g/mol. The van der Waals surface area contributed by atoms with Gasteiger partial charge in [-0.3, -0.25) is 14.7 Å². The Morgan fingerprint density at radius 3 is 2.32 bits per heavy atom. The van der Waals surface area contributed by atoms with E-state index in [0.717, 1.165) is 31.8 Å². The highest BCUT2D eigenvalue weighted by molar-refractivity contribution is 7.89. The van der Waals surface area contributed by atoms with Gasteiger partial charge in [-0.15, -0.1) is 0 Å². The summed E-state index contributed by atoms with van der Waals surface area (Å²) < 4.78 is 39.6. The zero-order valence-electron chi connectivity index (χ0n) is 15.4. The molecule has 0 unspecified atom stereocenters. The average Bonchev–Trinajstić information content (AvgIpc) is 2.69. The highest BCUT2D eigenvalue weighted by Gasteiger charge is 2.21. The average molecular weight is 406 g/mol. The first-order valence-electron chi connectivity index (χ1n) is 9.08. The molecule has 150 valence electrons. The number of benzene rings is 1. The lowest BCUT2D eigenvalue weighted by Crippen LogP contribution is -2.48. The lowest BCUT2D eigenvalue weighted by molar-refractivity contribution is -0.132. The number of nitrogens with one attached hydrogen (secondary N) is 1. The molecule has 28 heavy (non-hydrogen) atoms. The summed E-state index contributed by atoms with van der Waals surface area (Å²) in [6.07, 6.45) is 3.62. The Balaban J connectivity index is 1.41. The molecule has 1 saturated heterocycles. The van der Waals surface area contributed by atoms with Gasteiger partial charge in [-0.1, -0.05) is 0 Å². The summed E-state index contributed by atoms with van der Waals surface area (Å²) in [7, 11) is -3.75. The van der Waals surface area contributed by atoms with Crippen LogP contribution in [-0.4, -0.2) is 61.8 Å². The minimum absolute atomic E-state index is 0.00970. The maximum absolute atomic E-state index is 12.9. The minimum atomic E-state index is -3.75. The molecule has 0 radical (unpaired) electrons. The predicted octanol–water partition coefficient (Wildman–Crippen LogP) is 1.23. The van der Waals surface area contributed by atoms with Crippen molar-refractivity contribution < 1.29 is 17.6 Å². The lowest BCUT2D eigenvalue weighted by Gasteiger charge is -2.34. The van der Waals surface area contributed by atoms with Gasteiger partial charge in [0.15, 0.2) is 0 Å². The van der Waals surface area contributed by atoms with Crippen LogP contribution in [0.3, 0.4) is 0 Å². The third-order valence-corrected chi connectivity index (χ3v) is 6.11. The van der Waals surface area contributed by atoms with Crippen molar-refractivity contribution in [1.82, 2.24) is 19.5 Å². The van der Waals surface area contributed by atoms with Crippen LogP contribution in [0.4, 0.5) is 4.39 Å². The number of sulfonamides is 1. The number of pyridine rings is 1. The van der Waals surface area contributed by atoms with Gasteiger partial charge < -0.3 is 4.90 Å². The van der Waals surface area contributed by atoms with Gasteiger partial charge in [0, 0.05) is 58.1 Å². The second-order valence-electron chi connectivity index (χ2n) is 6.61. The normalized spacial score (nSPS) is 15.5. The van der Waals surface area contributed by atoms with E-state index in [9.17, 15) is 17.6 Å². The van der Waals surface area contributed by atoms with E-state index < -0.39 is 15.8 Å². The quantitative estimate of drug-likeness (QED) is 0.748. The predicted molar refractivity (Wildman–Crippen MR) is 102 cm³/mol. The molecular formula is C19H23FN4O3S. The first-order valence-corrected chi connectivity index (χ1v) is 10.6. The van der Waals surface area contributed by atoms with Crippen molar-refractivity contribution in [2.24, 2.45) is 0 Å². The Morgan fingerprint density at radius 1 is 1.04 bits per heavy atom. The van der Waals surface area contributed by atoms with Crippen LogP contribution in [-0.2, 0) is 21.4 Å². The monoisotopic (exact) mass is 406 g/mol. The largest absolute Gasteiger partial charge is 0.340 e. The summed E-state index contributed by atoms with van der Waals surface area (Å²) in [6, 6.07) is 8.52. The summed E-state index contributed by atoms with van der Waals surface area (Å²) in [5.41, 5.74) is 1.19. The molecule has 7 nitrogen and oxygen atoms in total. The lowest BCUT2D eigenvalue weighted by atomic mass is 10.2. The topological polar surface area (TPSA) is 82.6 Å². The molecule has 1 aromatic heterocycles. The van der Waals surface area contributed by atoms with Crippen molar-refractivity contribution in [3.8, 4) is 0 Å². The number of aromatic nitrogens is 1. The van der Waals surface area contributed by atoms with Crippen molar-refractivity contribution in [1.29, 1.82) is 0 Å². The molecule has 9 heteroatoms. The van der Waals surface area contributed by atoms with Crippen LogP contribution in [0.2, 0.25) is 0 Å². The molecule has 0 spiro atoms. The van der Waals surface area contributed by atoms with Gasteiger partial charge in [0.25, 0.3) is 0 Å². The van der Waals surface area contributed by atoms with E-state index in [2.05, 4.69) is 14.6 Å². The number of hydrogen-bond acceptors (Lipinski definition) is 5. The summed E-state index contributed by atoms with van der Waals surface area (Å²) in [5, 5.41) is 0. The first kappa shape index (κ1) is 20.4. The molecule has 1 aliphatic heterocycles. The van der Waals surface area contributed by atoms with E-state index in [1.54, 1.807) is 17.3 Å². The van der Waals surface area contributed by atoms with Crippen molar-refractivity contribution in [3.63, 3.8) is 0 Å². The summed E-state index contributed by atoms with van der Waals surface area (Å²) >= 11 is 0. The number of nitrogens with zero attached hydrogens (tertiary/aromatic N) is 3. The molecule has 1 fully saturated rings. The highest BCUT2D eigenvalue weighted by Crippen LogP contribution is 2.11. The van der Waals surface area contributed by atoms with Crippen LogP contribution in [0, 0.1) is 5.82 Å². The SMILES string of the molecule is O=C(CCNS(=O)(=O)c1ccc(F)cc1)N1CCN(Cc2ccncc2)CC1. The number of carbonyl (C=O) groups is 1. The molecule has 0 aliphatic carbocycles. The second kappa shape index (κ2) is 9.22. The van der Waals surface area contributed by atoms with E-state index in [1.165, 1.54) is 17.7 Å². The van der Waals surface area contributed by atoms with Gasteiger partial charge in [0.2, 0.25) is 15.9 Å². The molecule has 1 amide bonds. The van der Waals surface area contributed by atoms with Gasteiger partial charge in [-0.25, -0.2) is 17.5 Å². The highest BCUT2D eigenvalue weighted by atomic mass is 32.2. The maximum Gasteiger partial charge on any atom is 0.240 e. The number of rotatable bonds is 7. The van der Waals surface area contributed by atoms with Crippen LogP contribution >= 0.6 is 0 Å². The van der Waals surface area contributed by atoms with Gasteiger partial charge in [0.1, 0.15) is 5.82 Å². The van der Waals surface area contributed by atoms with Crippen molar-refractivity contribution in [3.05, 3.63) is 60.2 Å². The van der Waals surface area contributed by atoms with Gasteiger partial charge >= 0.3 is 0 Å². The number of halogens is 1. The Hall–Kier alpha value is -2.36. The zero-order valence-corrected chi connectivity index (χ0v) is 16.2. The molecule has 1 N–H and O–H groups in total. The fraction of sp³-hybridized carbons (Fsp3) is 0.368. The molecule has 3 rings (SSSR count). The first-order chi connectivity index (χ1) is 13.4. The number of piperazine rings is 1. The molecule has 1 aromatic carbocycles. The standard InChI is InChI=1S/C19H23FN4O3S/c20-17-1-3-18(4-2-17)28(26,27)22-10-7-19(25)24-13-11-23(12-14-24)15-16-5-8-21-9-6-16/h1-6,8-9,22H,7,10-15H2. The Labute approximate surface area is 164 Å². The van der Waals surface area contributed by atoms with E-state index in [4.69, 9.17) is 0 Å². The van der Waals surface area contributed by atoms with Crippen LogP contribution in [0.15, 0.2) is 53.7 Å². The van der Waals surface area contributed by atoms with E-state index in [0.29, 0.717) is 13.1 Å². The zero-order chi connectivity index (χ0) is 20.0. The van der Waals surface area contributed by atoms with E-state index in [1.807, 2.05) is 12.1 Å². The smallest absolute Gasteiger partial charge is 0.240 e. The molecule has 2 heterocycles. The number of carbonyl (C=O) groups excluding carboxylic acids is 1. The fourth-order valence-electron chi connectivity index (χ4n) is 3.05. The van der Waals surface area contributed by atoms with Gasteiger partial charge in [-0.2, -0.15) is 0 Å². The minimum Gasteiger partial charge on any atom is -0.340 e. The van der Waals surface area contributed by atoms with E-state index >= 15 is 0 Å². The summed E-state index contributed by atoms with van der Waals surface area (Å²) in [4.78, 5) is 20.4. The van der Waals surface area contributed by atoms with E-state index in [-0.39, 0.29) is 23.8 Å². The molecule has 0 bridgehead atoms. The number of amides is 1. The Kier molecular flexibility index (Phi) is 6.71. The Bertz CT molecular complexity index is 883. The third kappa shape index (κ3) is 5.57. The van der Waals surface area contributed by atoms with Crippen molar-refractivity contribution in [2.45, 2.75) is 17.9 Å². The molecule has 1 aliphatic rings. The van der Waals surface area contributed by atoms with Crippen LogP contribution in [0.25, 0.3) is 0 Å². The van der Waals surface area contributed by atoms with Crippen LogP contribution < -0.4 is 4.72 Å². The number of hydrogen-bond donors (Lipinski definition) is 1. The van der Waals surface area contributed by atoms with Gasteiger partial charge in [0.05, 0.1) is 4.90 Å². The summed E-state index contributed by atoms with van der Waals surface area (Å²) in [5.74, 6) is -0.581. The van der Waals surface area contributed by atoms with Crippen LogP contribution in [0.1, 0.15) is 12.0 Å². The molecule has 0 saturated carbocycles. The Morgan fingerprint density at radius 2 is 1.68 bits per heavy atom. The fourth-order valence-corrected chi connectivity index (χ4v) is 4.08. The van der Waals surface area contributed by atoms with Gasteiger partial charge in [-0.05, 0) is 42.0 Å². The van der Waals surface area contributed by atoms with Crippen molar-refractivity contribution in [2.75, 3.05) is 32.7 Å². The molecule has 0 atom stereocenters. The maximum atomic E-state index is 12.9. The molecule has 2 aromatic rings. The third-order valence-electron chi connectivity index (χ3n) is 4.64. The van der Waals surface area contributed by atoms with Crippen molar-refractivity contribution >= 4 is 15.9 Å². The summed E-state index contributed by atoms with van der Waals surface area (Å²) in [6.45, 7) is 3.62.